The Balaban J connectivity index is 1.74. The summed E-state index contributed by atoms with van der Waals surface area (Å²) in [5.74, 6) is 0.984. The van der Waals surface area contributed by atoms with Crippen molar-refractivity contribution in [2.24, 2.45) is 0 Å². The summed E-state index contributed by atoms with van der Waals surface area (Å²) in [5.41, 5.74) is 6.54. The molecule has 2 aromatic heterocycles. The van der Waals surface area contributed by atoms with Crippen molar-refractivity contribution in [3.8, 4) is 22.8 Å². The topological polar surface area (TPSA) is 110 Å². The predicted molar refractivity (Wildman–Crippen MR) is 175 cm³/mol. The van der Waals surface area contributed by atoms with Crippen LogP contribution in [0.4, 0.5) is 22.1 Å². The second kappa shape index (κ2) is 12.1. The minimum absolute atomic E-state index is 0.157. The maximum atomic E-state index is 13.7. The third-order valence-corrected chi connectivity index (χ3v) is 6.81. The Labute approximate surface area is 260 Å². The molecule has 0 unspecified atom stereocenters. The minimum Gasteiger partial charge on any atom is -0.507 e. The largest absolute Gasteiger partial charge is 0.507 e. The van der Waals surface area contributed by atoms with Gasteiger partial charge < -0.3 is 14.7 Å². The fourth-order valence-corrected chi connectivity index (χ4v) is 4.57. The zero-order valence-electron chi connectivity index (χ0n) is 27.3. The van der Waals surface area contributed by atoms with E-state index in [1.807, 2.05) is 64.1 Å². The lowest BCUT2D eigenvalue weighted by Gasteiger charge is -2.28. The van der Waals surface area contributed by atoms with E-state index in [2.05, 4.69) is 57.0 Å². The van der Waals surface area contributed by atoms with E-state index in [0.717, 1.165) is 22.3 Å². The smallest absolute Gasteiger partial charge is 0.421 e. The molecule has 0 aliphatic heterocycles. The van der Waals surface area contributed by atoms with Gasteiger partial charge in [0.05, 0.1) is 17.1 Å². The molecule has 4 rings (SSSR count). The molecule has 0 bridgehead atoms. The van der Waals surface area contributed by atoms with Crippen molar-refractivity contribution in [2.45, 2.75) is 85.7 Å². The van der Waals surface area contributed by atoms with Crippen molar-refractivity contribution in [1.29, 1.82) is 0 Å². The number of hydrogen-bond donors (Lipinski definition) is 2. The van der Waals surface area contributed by atoms with Crippen molar-refractivity contribution >= 4 is 23.4 Å². The number of benzene rings is 2. The van der Waals surface area contributed by atoms with Gasteiger partial charge in [0.15, 0.2) is 5.75 Å². The number of aromatic hydroxyl groups is 1. The number of nitrogens with zero attached hydrogens (tertiary/aromatic N) is 4. The zero-order valence-corrected chi connectivity index (χ0v) is 27.3. The van der Waals surface area contributed by atoms with Gasteiger partial charge in [-0.1, -0.05) is 47.6 Å². The third kappa shape index (κ3) is 7.64. The molecule has 2 aromatic carbocycles. The van der Waals surface area contributed by atoms with E-state index in [1.165, 1.54) is 4.90 Å². The second-order valence-corrected chi connectivity index (χ2v) is 13.9. The van der Waals surface area contributed by atoms with E-state index in [9.17, 15) is 9.90 Å². The highest BCUT2D eigenvalue weighted by Gasteiger charge is 2.30. The lowest BCUT2D eigenvalue weighted by Crippen LogP contribution is -2.35. The van der Waals surface area contributed by atoms with Gasteiger partial charge in [-0.15, -0.1) is 0 Å². The van der Waals surface area contributed by atoms with Crippen LogP contribution in [0.3, 0.4) is 0 Å². The molecule has 0 radical (unpaired) electrons. The standard InChI is InChI=1S/C35H43N5O4/c1-22-13-14-24(39-44-25-19-26(33(2,3)4)30(41)27(20-25)34(5,6)7)18-29(22)40(32(42)43-35(8,9)10)31-37-17-15-28(38-31)23-12-11-16-36-21-23/h11-21,39,41H,1-10H3. The van der Waals surface area contributed by atoms with E-state index in [1.54, 1.807) is 30.7 Å². The number of phenols is 1. The highest BCUT2D eigenvalue weighted by Crippen LogP contribution is 2.42. The van der Waals surface area contributed by atoms with Crippen molar-refractivity contribution < 1.29 is 19.5 Å². The fourth-order valence-electron chi connectivity index (χ4n) is 4.57. The van der Waals surface area contributed by atoms with Crippen molar-refractivity contribution in [2.75, 3.05) is 10.4 Å². The monoisotopic (exact) mass is 597 g/mol. The molecule has 4 aromatic rings. The van der Waals surface area contributed by atoms with Crippen LogP contribution < -0.4 is 15.2 Å². The Bertz CT molecular complexity index is 1600. The molecule has 0 saturated carbocycles. The first kappa shape index (κ1) is 32.3. The van der Waals surface area contributed by atoms with E-state index in [4.69, 9.17) is 14.6 Å². The Hall–Kier alpha value is -4.66. The quantitative estimate of drug-likeness (QED) is 0.213. The van der Waals surface area contributed by atoms with E-state index < -0.39 is 11.7 Å². The molecule has 9 heteroatoms. The summed E-state index contributed by atoms with van der Waals surface area (Å²) in [7, 11) is 0. The Morgan fingerprint density at radius 1 is 0.886 bits per heavy atom. The molecular formula is C35H43N5O4. The van der Waals surface area contributed by atoms with E-state index in [-0.39, 0.29) is 22.5 Å². The van der Waals surface area contributed by atoms with Gasteiger partial charge in [-0.05, 0) is 86.6 Å². The number of aromatic nitrogens is 3. The summed E-state index contributed by atoms with van der Waals surface area (Å²) in [6.07, 6.45) is 4.38. The lowest BCUT2D eigenvalue weighted by molar-refractivity contribution is 0.0597. The van der Waals surface area contributed by atoms with Crippen LogP contribution in [0, 0.1) is 6.92 Å². The van der Waals surface area contributed by atoms with Gasteiger partial charge in [-0.2, -0.15) is 0 Å². The Morgan fingerprint density at radius 3 is 2.11 bits per heavy atom. The fraction of sp³-hybridized carbons (Fsp3) is 0.371. The third-order valence-electron chi connectivity index (χ3n) is 6.81. The average Bonchev–Trinajstić information content (AvgIpc) is 2.92. The highest BCUT2D eigenvalue weighted by atomic mass is 16.6. The first-order chi connectivity index (χ1) is 20.4. The number of amides is 1. The van der Waals surface area contributed by atoms with Gasteiger partial charge in [0, 0.05) is 35.3 Å². The second-order valence-electron chi connectivity index (χ2n) is 13.9. The van der Waals surface area contributed by atoms with Gasteiger partial charge in [-0.3, -0.25) is 4.98 Å². The highest BCUT2D eigenvalue weighted by molar-refractivity contribution is 5.96. The van der Waals surface area contributed by atoms with E-state index >= 15 is 0 Å². The van der Waals surface area contributed by atoms with Crippen LogP contribution in [0.2, 0.25) is 0 Å². The number of pyridine rings is 1. The van der Waals surface area contributed by atoms with Gasteiger partial charge in [0.25, 0.3) is 0 Å². The zero-order chi connectivity index (χ0) is 32.4. The molecule has 0 fully saturated rings. The van der Waals surface area contributed by atoms with Crippen LogP contribution in [0.25, 0.3) is 11.3 Å². The maximum Gasteiger partial charge on any atom is 0.421 e. The number of ether oxygens (including phenoxy) is 1. The van der Waals surface area contributed by atoms with Crippen molar-refractivity contribution in [3.05, 3.63) is 83.8 Å². The first-order valence-corrected chi connectivity index (χ1v) is 14.6. The van der Waals surface area contributed by atoms with Crippen LogP contribution >= 0.6 is 0 Å². The molecular weight excluding hydrogens is 554 g/mol. The van der Waals surface area contributed by atoms with Gasteiger partial charge in [0.1, 0.15) is 11.4 Å². The summed E-state index contributed by atoms with van der Waals surface area (Å²) in [5, 5.41) is 11.1. The van der Waals surface area contributed by atoms with Gasteiger partial charge in [-0.25, -0.2) is 25.1 Å². The number of aryl methyl sites for hydroxylation is 1. The van der Waals surface area contributed by atoms with Crippen LogP contribution in [0.15, 0.2) is 67.1 Å². The van der Waals surface area contributed by atoms with Crippen molar-refractivity contribution in [3.63, 3.8) is 0 Å². The molecule has 2 N–H and O–H groups in total. The molecule has 0 spiro atoms. The lowest BCUT2D eigenvalue weighted by atomic mass is 9.79. The predicted octanol–water partition coefficient (Wildman–Crippen LogP) is 8.63. The van der Waals surface area contributed by atoms with Gasteiger partial charge in [0.2, 0.25) is 5.95 Å². The minimum atomic E-state index is -0.752. The molecule has 0 aliphatic rings. The Morgan fingerprint density at radius 2 is 1.55 bits per heavy atom. The van der Waals surface area contributed by atoms with E-state index in [0.29, 0.717) is 22.8 Å². The normalized spacial score (nSPS) is 12.0. The molecule has 1 amide bonds. The van der Waals surface area contributed by atoms with Crippen molar-refractivity contribution in [1.82, 2.24) is 15.0 Å². The Kier molecular flexibility index (Phi) is 8.91. The van der Waals surface area contributed by atoms with Crippen LogP contribution in [0.1, 0.15) is 79.0 Å². The molecule has 44 heavy (non-hydrogen) atoms. The molecule has 232 valence electrons. The molecule has 9 nitrogen and oxygen atoms in total. The average molecular weight is 598 g/mol. The first-order valence-electron chi connectivity index (χ1n) is 14.6. The number of hydrogen-bond acceptors (Lipinski definition) is 8. The molecule has 0 aliphatic carbocycles. The summed E-state index contributed by atoms with van der Waals surface area (Å²) in [4.78, 5) is 34.5. The number of rotatable bonds is 6. The molecule has 2 heterocycles. The number of carbonyl (C=O) groups excluding carboxylic acids is 1. The maximum absolute atomic E-state index is 13.7. The summed E-state index contributed by atoms with van der Waals surface area (Å²) >= 11 is 0. The summed E-state index contributed by atoms with van der Waals surface area (Å²) < 4.78 is 5.80. The van der Waals surface area contributed by atoms with Crippen LogP contribution in [-0.4, -0.2) is 31.8 Å². The molecule has 0 saturated heterocycles. The molecule has 0 atom stereocenters. The number of nitrogens with one attached hydrogen (secondary N) is 1. The van der Waals surface area contributed by atoms with Crippen LogP contribution in [0.5, 0.6) is 11.5 Å². The number of anilines is 3. The summed E-state index contributed by atoms with van der Waals surface area (Å²) in [6, 6.07) is 14.7. The summed E-state index contributed by atoms with van der Waals surface area (Å²) in [6.45, 7) is 19.6. The van der Waals surface area contributed by atoms with Gasteiger partial charge >= 0.3 is 6.09 Å². The SMILES string of the molecule is Cc1ccc(NOc2cc(C(C)(C)C)c(O)c(C(C)(C)C)c2)cc1N(C(=O)OC(C)(C)C)c1nccc(-c2cccnc2)n1. The number of carbonyl (C=O) groups is 1. The number of phenolic OH excluding ortho intramolecular Hbond substituents is 1. The van der Waals surface area contributed by atoms with Crippen LogP contribution in [-0.2, 0) is 15.6 Å².